The molecule has 0 unspecified atom stereocenters. The fourth-order valence-corrected chi connectivity index (χ4v) is 1.99. The lowest BCUT2D eigenvalue weighted by Crippen LogP contribution is -2.30. The van der Waals surface area contributed by atoms with Crippen molar-refractivity contribution >= 4 is 18.3 Å². The Morgan fingerprint density at radius 2 is 2.05 bits per heavy atom. The minimum Gasteiger partial charge on any atom is -0.348 e. The van der Waals surface area contributed by atoms with Crippen molar-refractivity contribution in [1.29, 1.82) is 0 Å². The Morgan fingerprint density at radius 1 is 1.32 bits per heavy atom. The molecule has 1 aliphatic heterocycles. The number of halogens is 5. The van der Waals surface area contributed by atoms with E-state index in [0.29, 0.717) is 24.7 Å². The van der Waals surface area contributed by atoms with E-state index in [-0.39, 0.29) is 19.0 Å². The SMILES string of the molecule is Cl.O=C(NCC1=CCNCC1)c1cc(C(F)(F)F)ccc1F. The second-order valence-electron chi connectivity index (χ2n) is 4.69. The Balaban J connectivity index is 0.00000242. The molecule has 0 saturated heterocycles. The van der Waals surface area contributed by atoms with Gasteiger partial charge >= 0.3 is 6.18 Å². The molecule has 1 aromatic rings. The molecule has 0 aromatic heterocycles. The van der Waals surface area contributed by atoms with Crippen LogP contribution in [0.5, 0.6) is 0 Å². The molecule has 3 nitrogen and oxygen atoms in total. The van der Waals surface area contributed by atoms with Gasteiger partial charge in [-0.1, -0.05) is 11.6 Å². The van der Waals surface area contributed by atoms with Gasteiger partial charge in [-0.05, 0) is 31.2 Å². The minimum atomic E-state index is -4.61. The largest absolute Gasteiger partial charge is 0.416 e. The van der Waals surface area contributed by atoms with Gasteiger partial charge in [0.05, 0.1) is 11.1 Å². The summed E-state index contributed by atoms with van der Waals surface area (Å²) in [5.41, 5.74) is -0.677. The van der Waals surface area contributed by atoms with Gasteiger partial charge in [0, 0.05) is 13.1 Å². The minimum absolute atomic E-state index is 0. The van der Waals surface area contributed by atoms with Crippen LogP contribution in [-0.2, 0) is 6.18 Å². The number of hydrogen-bond acceptors (Lipinski definition) is 2. The molecule has 8 heteroatoms. The Bertz CT molecular complexity index is 572. The zero-order valence-electron chi connectivity index (χ0n) is 11.5. The van der Waals surface area contributed by atoms with E-state index in [0.717, 1.165) is 18.5 Å². The number of alkyl halides is 3. The average Bonchev–Trinajstić information content (AvgIpc) is 2.45. The van der Waals surface area contributed by atoms with Crippen LogP contribution in [0.1, 0.15) is 22.3 Å². The molecule has 1 aromatic carbocycles. The highest BCUT2D eigenvalue weighted by atomic mass is 35.5. The molecular weight excluding hydrogens is 324 g/mol. The van der Waals surface area contributed by atoms with Crippen LogP contribution < -0.4 is 10.6 Å². The fourth-order valence-electron chi connectivity index (χ4n) is 1.99. The second-order valence-corrected chi connectivity index (χ2v) is 4.69. The van der Waals surface area contributed by atoms with E-state index in [1.54, 1.807) is 0 Å². The maximum Gasteiger partial charge on any atom is 0.416 e. The zero-order valence-corrected chi connectivity index (χ0v) is 12.3. The first kappa shape index (κ1) is 18.4. The highest BCUT2D eigenvalue weighted by molar-refractivity contribution is 5.94. The van der Waals surface area contributed by atoms with Crippen molar-refractivity contribution in [2.75, 3.05) is 19.6 Å². The lowest BCUT2D eigenvalue weighted by molar-refractivity contribution is -0.137. The van der Waals surface area contributed by atoms with Crippen molar-refractivity contribution in [2.24, 2.45) is 0 Å². The normalized spacial score (nSPS) is 14.8. The van der Waals surface area contributed by atoms with Crippen molar-refractivity contribution in [2.45, 2.75) is 12.6 Å². The number of hydrogen-bond donors (Lipinski definition) is 2. The topological polar surface area (TPSA) is 41.1 Å². The van der Waals surface area contributed by atoms with Gasteiger partial charge in [0.2, 0.25) is 0 Å². The molecule has 0 bridgehead atoms. The van der Waals surface area contributed by atoms with Gasteiger partial charge in [-0.3, -0.25) is 4.79 Å². The Morgan fingerprint density at radius 3 is 2.64 bits per heavy atom. The van der Waals surface area contributed by atoms with E-state index in [9.17, 15) is 22.4 Å². The summed E-state index contributed by atoms with van der Waals surface area (Å²) in [6.45, 7) is 1.67. The number of rotatable bonds is 3. The Kier molecular flexibility index (Phi) is 6.37. The lowest BCUT2D eigenvalue weighted by atomic mass is 10.1. The average molecular weight is 339 g/mol. The van der Waals surface area contributed by atoms with Crippen LogP contribution >= 0.6 is 12.4 Å². The molecule has 0 fully saturated rings. The second kappa shape index (κ2) is 7.60. The van der Waals surface area contributed by atoms with Crippen molar-refractivity contribution < 1.29 is 22.4 Å². The smallest absolute Gasteiger partial charge is 0.348 e. The summed E-state index contributed by atoms with van der Waals surface area (Å²) in [5, 5.41) is 5.54. The quantitative estimate of drug-likeness (QED) is 0.657. The van der Waals surface area contributed by atoms with Crippen molar-refractivity contribution in [1.82, 2.24) is 10.6 Å². The molecular formula is C14H15ClF4N2O. The van der Waals surface area contributed by atoms with E-state index in [1.807, 2.05) is 6.08 Å². The van der Waals surface area contributed by atoms with E-state index in [2.05, 4.69) is 10.6 Å². The molecule has 0 saturated carbocycles. The maximum atomic E-state index is 13.5. The maximum absolute atomic E-state index is 13.5. The highest BCUT2D eigenvalue weighted by Gasteiger charge is 2.31. The summed E-state index contributed by atoms with van der Waals surface area (Å²) in [4.78, 5) is 11.8. The van der Waals surface area contributed by atoms with Gasteiger partial charge < -0.3 is 10.6 Å². The number of nitrogens with one attached hydrogen (secondary N) is 2. The van der Waals surface area contributed by atoms with Gasteiger partial charge in [0.15, 0.2) is 0 Å². The molecule has 0 radical (unpaired) electrons. The highest BCUT2D eigenvalue weighted by Crippen LogP contribution is 2.30. The van der Waals surface area contributed by atoms with Crippen LogP contribution in [0.4, 0.5) is 17.6 Å². The summed E-state index contributed by atoms with van der Waals surface area (Å²) in [5.74, 6) is -1.82. The summed E-state index contributed by atoms with van der Waals surface area (Å²) in [6.07, 6.45) is -1.97. The van der Waals surface area contributed by atoms with Crippen molar-refractivity contribution in [3.63, 3.8) is 0 Å². The van der Waals surface area contributed by atoms with Crippen LogP contribution in [0.25, 0.3) is 0 Å². The van der Waals surface area contributed by atoms with Crippen molar-refractivity contribution in [3.8, 4) is 0 Å². The predicted molar refractivity (Wildman–Crippen MR) is 76.6 cm³/mol. The summed E-state index contributed by atoms with van der Waals surface area (Å²) < 4.78 is 51.2. The van der Waals surface area contributed by atoms with Gasteiger partial charge in [-0.15, -0.1) is 12.4 Å². The molecule has 0 aliphatic carbocycles. The molecule has 2 N–H and O–H groups in total. The Labute approximate surface area is 131 Å². The number of carbonyl (C=O) groups excluding carboxylic acids is 1. The standard InChI is InChI=1S/C14H14F4N2O.ClH/c15-12-2-1-10(14(16,17)18)7-11(12)13(21)20-8-9-3-5-19-6-4-9;/h1-3,7,19H,4-6,8H2,(H,20,21);1H. The van der Waals surface area contributed by atoms with Crippen LogP contribution in [0.2, 0.25) is 0 Å². The third kappa shape index (κ3) is 4.71. The summed E-state index contributed by atoms with van der Waals surface area (Å²) in [6, 6.07) is 1.80. The van der Waals surface area contributed by atoms with E-state index in [1.165, 1.54) is 0 Å². The third-order valence-corrected chi connectivity index (χ3v) is 3.17. The zero-order chi connectivity index (χ0) is 15.5. The van der Waals surface area contributed by atoms with Gasteiger partial charge in [0.1, 0.15) is 5.82 Å². The number of benzene rings is 1. The molecule has 0 atom stereocenters. The molecule has 2 rings (SSSR count). The Hall–Kier alpha value is -1.60. The van der Waals surface area contributed by atoms with Crippen LogP contribution in [0.3, 0.4) is 0 Å². The summed E-state index contributed by atoms with van der Waals surface area (Å²) >= 11 is 0. The van der Waals surface area contributed by atoms with Gasteiger partial charge in [-0.25, -0.2) is 4.39 Å². The molecule has 22 heavy (non-hydrogen) atoms. The van der Waals surface area contributed by atoms with Crippen molar-refractivity contribution in [3.05, 3.63) is 46.8 Å². The fraction of sp³-hybridized carbons (Fsp3) is 0.357. The predicted octanol–water partition coefficient (Wildman–Crippen LogP) is 2.92. The summed E-state index contributed by atoms with van der Waals surface area (Å²) in [7, 11) is 0. The van der Waals surface area contributed by atoms with Gasteiger partial charge in [-0.2, -0.15) is 13.2 Å². The number of carbonyl (C=O) groups is 1. The van der Waals surface area contributed by atoms with E-state index < -0.39 is 29.0 Å². The van der Waals surface area contributed by atoms with E-state index in [4.69, 9.17) is 0 Å². The van der Waals surface area contributed by atoms with Crippen LogP contribution in [-0.4, -0.2) is 25.5 Å². The number of amides is 1. The molecule has 1 amide bonds. The van der Waals surface area contributed by atoms with Crippen LogP contribution in [0, 0.1) is 5.82 Å². The lowest BCUT2D eigenvalue weighted by Gasteiger charge is -2.15. The van der Waals surface area contributed by atoms with E-state index >= 15 is 0 Å². The first-order valence-electron chi connectivity index (χ1n) is 6.41. The molecule has 0 spiro atoms. The first-order valence-corrected chi connectivity index (χ1v) is 6.41. The third-order valence-electron chi connectivity index (χ3n) is 3.17. The molecule has 1 aliphatic rings. The monoisotopic (exact) mass is 338 g/mol. The molecule has 1 heterocycles. The van der Waals surface area contributed by atoms with Crippen LogP contribution in [0.15, 0.2) is 29.8 Å². The first-order chi connectivity index (χ1) is 9.88. The van der Waals surface area contributed by atoms with Gasteiger partial charge in [0.25, 0.3) is 5.91 Å². The molecule has 122 valence electrons.